The summed E-state index contributed by atoms with van der Waals surface area (Å²) in [5.74, 6) is -1.69. The lowest BCUT2D eigenvalue weighted by atomic mass is 9.94. The number of nitrogens with zero attached hydrogens (tertiary/aromatic N) is 3. The van der Waals surface area contributed by atoms with Crippen LogP contribution in [0.4, 0.5) is 4.39 Å². The van der Waals surface area contributed by atoms with Crippen molar-refractivity contribution in [2.45, 2.75) is 45.6 Å². The molecule has 0 fully saturated rings. The second kappa shape index (κ2) is 11.5. The molecular weight excluding hydrogens is 437 g/mol. The number of benzene rings is 1. The third-order valence-corrected chi connectivity index (χ3v) is 5.72. The highest BCUT2D eigenvalue weighted by atomic mass is 19.1. The molecule has 2 heterocycles. The lowest BCUT2D eigenvalue weighted by Gasteiger charge is -2.11. The number of Topliss-reactive ketones (excluding diaryl/α,β-unsaturated/α-hetero) is 1. The van der Waals surface area contributed by atoms with Crippen LogP contribution in [0.5, 0.6) is 0 Å². The predicted octanol–water partition coefficient (Wildman–Crippen LogP) is 4.81. The minimum atomic E-state index is -0.940. The molecule has 0 spiro atoms. The van der Waals surface area contributed by atoms with Crippen molar-refractivity contribution in [1.82, 2.24) is 9.55 Å². The van der Waals surface area contributed by atoms with Gasteiger partial charge in [0.15, 0.2) is 5.78 Å². The normalized spacial score (nSPS) is 11.9. The molecule has 0 saturated carbocycles. The summed E-state index contributed by atoms with van der Waals surface area (Å²) in [4.78, 5) is 28.6. The monoisotopic (exact) mass is 465 g/mol. The molecule has 0 unspecified atom stereocenters. The van der Waals surface area contributed by atoms with E-state index in [-0.39, 0.29) is 30.4 Å². The van der Waals surface area contributed by atoms with E-state index in [0.717, 1.165) is 24.1 Å². The Hall–Kier alpha value is -3.57. The van der Waals surface area contributed by atoms with Gasteiger partial charge in [0, 0.05) is 49.3 Å². The van der Waals surface area contributed by atoms with Crippen LogP contribution >= 0.6 is 0 Å². The van der Waals surface area contributed by atoms with Gasteiger partial charge in [-0.1, -0.05) is 19.1 Å². The second-order valence-electron chi connectivity index (χ2n) is 8.56. The van der Waals surface area contributed by atoms with Crippen LogP contribution in [0, 0.1) is 23.1 Å². The molecule has 0 aliphatic carbocycles. The zero-order valence-corrected chi connectivity index (χ0v) is 19.4. The summed E-state index contributed by atoms with van der Waals surface area (Å²) in [6.45, 7) is 2.57. The van der Waals surface area contributed by atoms with Crippen molar-refractivity contribution in [3.8, 4) is 6.07 Å². The highest BCUT2D eigenvalue weighted by molar-refractivity contribution is 6.09. The highest BCUT2D eigenvalue weighted by Crippen LogP contribution is 2.29. The number of rotatable bonds is 12. The van der Waals surface area contributed by atoms with Gasteiger partial charge in [0.2, 0.25) is 0 Å². The van der Waals surface area contributed by atoms with E-state index in [2.05, 4.69) is 11.1 Å². The van der Waals surface area contributed by atoms with Crippen LogP contribution in [-0.2, 0) is 29.6 Å². The van der Waals surface area contributed by atoms with Crippen LogP contribution in [0.2, 0.25) is 0 Å². The van der Waals surface area contributed by atoms with E-state index >= 15 is 0 Å². The third-order valence-electron chi connectivity index (χ3n) is 5.72. The van der Waals surface area contributed by atoms with Gasteiger partial charge in [0.25, 0.3) is 0 Å². The number of pyridine rings is 1. The number of carbonyl (C=O) groups is 2. The number of hydrogen-bond donors (Lipinski definition) is 1. The standard InChI is InChI=1S/C26H28FN3O4/c1-17(11-24(32)33)10-23(31)25-21-13-19(14-28)15-29-26(21)30(2)22(25)8-3-4-9-34-16-18-6-5-7-20(27)12-18/h5-7,12-13,15,17H,3-4,8-11,16H2,1-2H3,(H,32,33)/t17-/m0/s1. The van der Waals surface area contributed by atoms with Gasteiger partial charge in [-0.3, -0.25) is 9.59 Å². The molecule has 0 amide bonds. The molecule has 7 nitrogen and oxygen atoms in total. The SMILES string of the molecule is C[C@H](CC(=O)O)CC(=O)c1c(CCCCOCc2cccc(F)c2)n(C)c2ncc(C#N)cc12. The number of nitriles is 1. The molecule has 178 valence electrons. The van der Waals surface area contributed by atoms with E-state index in [1.807, 2.05) is 17.7 Å². The first-order valence-corrected chi connectivity index (χ1v) is 11.2. The maximum atomic E-state index is 13.3. The zero-order chi connectivity index (χ0) is 24.7. The van der Waals surface area contributed by atoms with E-state index < -0.39 is 5.97 Å². The number of carboxylic acids is 1. The molecule has 34 heavy (non-hydrogen) atoms. The molecule has 3 aromatic rings. The molecule has 2 aromatic heterocycles. The quantitative estimate of drug-likeness (QED) is 0.304. The minimum absolute atomic E-state index is 0.0871. The fourth-order valence-electron chi connectivity index (χ4n) is 4.13. The molecule has 0 bridgehead atoms. The van der Waals surface area contributed by atoms with Crippen molar-refractivity contribution < 1.29 is 23.8 Å². The van der Waals surface area contributed by atoms with E-state index in [1.165, 1.54) is 18.3 Å². The van der Waals surface area contributed by atoms with E-state index in [0.29, 0.717) is 41.8 Å². The van der Waals surface area contributed by atoms with Crippen LogP contribution in [0.3, 0.4) is 0 Å². The Morgan fingerprint density at radius 2 is 2.06 bits per heavy atom. The number of halogens is 1. The summed E-state index contributed by atoms with van der Waals surface area (Å²) in [6, 6.07) is 10.0. The molecule has 0 saturated heterocycles. The van der Waals surface area contributed by atoms with Gasteiger partial charge in [-0.05, 0) is 48.9 Å². The smallest absolute Gasteiger partial charge is 0.303 e. The van der Waals surface area contributed by atoms with Gasteiger partial charge in [0.05, 0.1) is 12.2 Å². The summed E-state index contributed by atoms with van der Waals surface area (Å²) in [5.41, 5.74) is 3.08. The van der Waals surface area contributed by atoms with Gasteiger partial charge in [-0.25, -0.2) is 9.37 Å². The van der Waals surface area contributed by atoms with Gasteiger partial charge in [-0.15, -0.1) is 0 Å². The Bertz CT molecular complexity index is 1230. The highest BCUT2D eigenvalue weighted by Gasteiger charge is 2.24. The maximum Gasteiger partial charge on any atom is 0.303 e. The number of ether oxygens (including phenoxy) is 1. The molecule has 0 aliphatic heterocycles. The number of carboxylic acid groups (broad SMARTS) is 1. The number of aliphatic carboxylic acids is 1. The largest absolute Gasteiger partial charge is 0.481 e. The van der Waals surface area contributed by atoms with Crippen molar-refractivity contribution in [1.29, 1.82) is 5.26 Å². The number of ketones is 1. The lowest BCUT2D eigenvalue weighted by Crippen LogP contribution is -2.12. The van der Waals surface area contributed by atoms with Crippen molar-refractivity contribution in [2.24, 2.45) is 13.0 Å². The fourth-order valence-corrected chi connectivity index (χ4v) is 4.13. The molecule has 1 aromatic carbocycles. The first kappa shape index (κ1) is 25.1. The van der Waals surface area contributed by atoms with Crippen molar-refractivity contribution in [3.63, 3.8) is 0 Å². The lowest BCUT2D eigenvalue weighted by molar-refractivity contribution is -0.137. The van der Waals surface area contributed by atoms with Gasteiger partial charge in [0.1, 0.15) is 17.5 Å². The van der Waals surface area contributed by atoms with Crippen molar-refractivity contribution in [2.75, 3.05) is 6.61 Å². The Kier molecular flexibility index (Phi) is 8.50. The topological polar surface area (TPSA) is 105 Å². The number of hydrogen-bond acceptors (Lipinski definition) is 5. The molecule has 1 N–H and O–H groups in total. The first-order valence-electron chi connectivity index (χ1n) is 11.2. The number of aryl methyl sites for hydroxylation is 1. The van der Waals surface area contributed by atoms with Crippen molar-refractivity contribution >= 4 is 22.8 Å². The number of aromatic nitrogens is 2. The fraction of sp³-hybridized carbons (Fsp3) is 0.385. The zero-order valence-electron chi connectivity index (χ0n) is 19.4. The average Bonchev–Trinajstić information content (AvgIpc) is 3.06. The summed E-state index contributed by atoms with van der Waals surface area (Å²) < 4.78 is 20.8. The summed E-state index contributed by atoms with van der Waals surface area (Å²) in [7, 11) is 1.84. The van der Waals surface area contributed by atoms with Crippen LogP contribution in [-0.4, -0.2) is 33.0 Å². The van der Waals surface area contributed by atoms with Crippen LogP contribution in [0.25, 0.3) is 11.0 Å². The summed E-state index contributed by atoms with van der Waals surface area (Å²) in [6.07, 6.45) is 3.60. The first-order chi connectivity index (χ1) is 16.3. The van der Waals surface area contributed by atoms with Crippen LogP contribution in [0.15, 0.2) is 36.5 Å². The van der Waals surface area contributed by atoms with E-state index in [1.54, 1.807) is 19.1 Å². The summed E-state index contributed by atoms with van der Waals surface area (Å²) >= 11 is 0. The van der Waals surface area contributed by atoms with Gasteiger partial charge in [-0.2, -0.15) is 5.26 Å². The average molecular weight is 466 g/mol. The Balaban J connectivity index is 1.71. The predicted molar refractivity (Wildman–Crippen MR) is 125 cm³/mol. The number of fused-ring (bicyclic) bond motifs is 1. The van der Waals surface area contributed by atoms with Gasteiger partial charge < -0.3 is 14.4 Å². The second-order valence-corrected chi connectivity index (χ2v) is 8.56. The molecular formula is C26H28FN3O4. The molecule has 8 heteroatoms. The Morgan fingerprint density at radius 3 is 2.76 bits per heavy atom. The molecule has 0 aliphatic rings. The number of unbranched alkanes of at least 4 members (excludes halogenated alkanes) is 1. The third kappa shape index (κ3) is 6.27. The summed E-state index contributed by atoms with van der Waals surface area (Å²) in [5, 5.41) is 19.0. The molecule has 1 atom stereocenters. The maximum absolute atomic E-state index is 13.3. The molecule has 0 radical (unpaired) electrons. The van der Waals surface area contributed by atoms with Crippen LogP contribution < -0.4 is 0 Å². The minimum Gasteiger partial charge on any atom is -0.481 e. The van der Waals surface area contributed by atoms with E-state index in [4.69, 9.17) is 9.84 Å². The number of carbonyl (C=O) groups excluding carboxylic acids is 1. The Morgan fingerprint density at radius 1 is 1.26 bits per heavy atom. The van der Waals surface area contributed by atoms with E-state index in [9.17, 15) is 19.2 Å². The Labute approximate surface area is 197 Å². The molecule has 3 rings (SSSR count). The van der Waals surface area contributed by atoms with Gasteiger partial charge >= 0.3 is 5.97 Å². The van der Waals surface area contributed by atoms with Crippen LogP contribution in [0.1, 0.15) is 59.8 Å². The van der Waals surface area contributed by atoms with Crippen molar-refractivity contribution in [3.05, 3.63) is 64.7 Å².